The van der Waals surface area contributed by atoms with E-state index in [-0.39, 0.29) is 0 Å². The second kappa shape index (κ2) is 5.48. The summed E-state index contributed by atoms with van der Waals surface area (Å²) in [7, 11) is 0. The first-order valence-electron chi connectivity index (χ1n) is 7.80. The van der Waals surface area contributed by atoms with Crippen molar-refractivity contribution in [2.45, 2.75) is 70.1 Å². The van der Waals surface area contributed by atoms with Crippen molar-refractivity contribution in [3.8, 4) is 0 Å². The molecule has 3 fully saturated rings. The lowest BCUT2D eigenvalue weighted by Crippen LogP contribution is -2.66. The zero-order chi connectivity index (χ0) is 12.4. The van der Waals surface area contributed by atoms with Gasteiger partial charge in [-0.2, -0.15) is 0 Å². The lowest BCUT2D eigenvalue weighted by atomic mass is 9.55. The molecule has 2 saturated carbocycles. The van der Waals surface area contributed by atoms with Crippen molar-refractivity contribution < 1.29 is 9.47 Å². The van der Waals surface area contributed by atoms with Crippen molar-refractivity contribution in [1.82, 2.24) is 5.32 Å². The maximum absolute atomic E-state index is 5.99. The molecule has 3 atom stereocenters. The van der Waals surface area contributed by atoms with E-state index in [1.807, 2.05) is 0 Å². The molecule has 104 valence electrons. The monoisotopic (exact) mass is 253 g/mol. The van der Waals surface area contributed by atoms with E-state index in [1.54, 1.807) is 0 Å². The molecular formula is C15H27NO2. The highest BCUT2D eigenvalue weighted by Crippen LogP contribution is 2.53. The minimum absolute atomic E-state index is 0.455. The lowest BCUT2D eigenvalue weighted by molar-refractivity contribution is -0.152. The summed E-state index contributed by atoms with van der Waals surface area (Å²) in [6, 6.07) is 1.28. The molecule has 1 N–H and O–H groups in total. The van der Waals surface area contributed by atoms with Gasteiger partial charge in [0, 0.05) is 30.7 Å². The van der Waals surface area contributed by atoms with Crippen LogP contribution in [-0.2, 0) is 9.47 Å². The molecular weight excluding hydrogens is 226 g/mol. The van der Waals surface area contributed by atoms with Crippen LogP contribution in [0.1, 0.15) is 51.9 Å². The summed E-state index contributed by atoms with van der Waals surface area (Å²) in [4.78, 5) is 0. The Balaban J connectivity index is 1.62. The fourth-order valence-electron chi connectivity index (χ4n) is 4.25. The van der Waals surface area contributed by atoms with Gasteiger partial charge >= 0.3 is 0 Å². The van der Waals surface area contributed by atoms with E-state index in [2.05, 4.69) is 12.2 Å². The summed E-state index contributed by atoms with van der Waals surface area (Å²) >= 11 is 0. The molecule has 0 aromatic carbocycles. The fourth-order valence-corrected chi connectivity index (χ4v) is 4.25. The molecule has 1 heterocycles. The zero-order valence-electron chi connectivity index (χ0n) is 11.6. The molecule has 0 aromatic rings. The molecule has 1 aliphatic heterocycles. The summed E-state index contributed by atoms with van der Waals surface area (Å²) in [5, 5.41) is 3.86. The third-order valence-corrected chi connectivity index (χ3v) is 5.30. The first-order valence-corrected chi connectivity index (χ1v) is 7.80. The van der Waals surface area contributed by atoms with Gasteiger partial charge in [-0.25, -0.2) is 0 Å². The highest BCUT2D eigenvalue weighted by Gasteiger charge is 2.55. The Kier molecular flexibility index (Phi) is 3.92. The molecule has 2 aliphatic carbocycles. The van der Waals surface area contributed by atoms with E-state index < -0.39 is 0 Å². The fraction of sp³-hybridized carbons (Fsp3) is 1.00. The second-order valence-corrected chi connectivity index (χ2v) is 6.25. The van der Waals surface area contributed by atoms with Crippen LogP contribution in [0.4, 0.5) is 0 Å². The van der Waals surface area contributed by atoms with Crippen molar-refractivity contribution in [1.29, 1.82) is 0 Å². The van der Waals surface area contributed by atoms with Crippen LogP contribution < -0.4 is 5.32 Å². The van der Waals surface area contributed by atoms with Crippen LogP contribution in [0.3, 0.4) is 0 Å². The molecule has 1 saturated heterocycles. The van der Waals surface area contributed by atoms with Crippen molar-refractivity contribution in [3.05, 3.63) is 0 Å². The molecule has 3 heteroatoms. The van der Waals surface area contributed by atoms with Crippen LogP contribution in [-0.4, -0.2) is 38.0 Å². The number of rotatable bonds is 4. The van der Waals surface area contributed by atoms with Gasteiger partial charge in [0.1, 0.15) is 0 Å². The van der Waals surface area contributed by atoms with Gasteiger partial charge in [-0.3, -0.25) is 0 Å². The topological polar surface area (TPSA) is 30.5 Å². The normalized spacial score (nSPS) is 38.8. The molecule has 3 nitrogen and oxygen atoms in total. The summed E-state index contributed by atoms with van der Waals surface area (Å²) < 4.78 is 11.5. The predicted molar refractivity (Wildman–Crippen MR) is 71.7 cm³/mol. The summed E-state index contributed by atoms with van der Waals surface area (Å²) in [5.74, 6) is 0. The smallest absolute Gasteiger partial charge is 0.0661 e. The van der Waals surface area contributed by atoms with E-state index in [4.69, 9.17) is 9.47 Å². The molecule has 18 heavy (non-hydrogen) atoms. The van der Waals surface area contributed by atoms with Gasteiger partial charge in [0.05, 0.1) is 12.7 Å². The van der Waals surface area contributed by atoms with Crippen molar-refractivity contribution >= 4 is 0 Å². The molecule has 0 aromatic heterocycles. The standard InChI is InChI=1S/C15H27NO2/c1-2-18-14-10-13(16-12-6-9-17-11-12)15(14)7-4-3-5-8-15/h12-14,16H,2-11H2,1H3/t12-,13+,14+/m0/s1. The van der Waals surface area contributed by atoms with Crippen LogP contribution in [0.15, 0.2) is 0 Å². The molecule has 0 unspecified atom stereocenters. The average molecular weight is 253 g/mol. The first-order chi connectivity index (χ1) is 8.85. The third-order valence-electron chi connectivity index (χ3n) is 5.30. The summed E-state index contributed by atoms with van der Waals surface area (Å²) in [5.41, 5.74) is 0.455. The average Bonchev–Trinajstić information content (AvgIpc) is 2.92. The predicted octanol–water partition coefficient (Wildman–Crippen LogP) is 2.49. The van der Waals surface area contributed by atoms with Crippen molar-refractivity contribution in [3.63, 3.8) is 0 Å². The van der Waals surface area contributed by atoms with Crippen LogP contribution in [0, 0.1) is 5.41 Å². The van der Waals surface area contributed by atoms with Gasteiger partial charge in [-0.1, -0.05) is 19.3 Å². The van der Waals surface area contributed by atoms with Gasteiger partial charge < -0.3 is 14.8 Å². The van der Waals surface area contributed by atoms with E-state index in [0.717, 1.165) is 19.8 Å². The molecule has 3 aliphatic rings. The van der Waals surface area contributed by atoms with Crippen molar-refractivity contribution in [2.24, 2.45) is 5.41 Å². The van der Waals surface area contributed by atoms with Crippen molar-refractivity contribution in [2.75, 3.05) is 19.8 Å². The Morgan fingerprint density at radius 2 is 2.11 bits per heavy atom. The molecule has 0 bridgehead atoms. The van der Waals surface area contributed by atoms with Gasteiger partial charge in [0.2, 0.25) is 0 Å². The SMILES string of the molecule is CCO[C@@H]1C[C@@H](N[C@H]2CCOC2)C12CCCCC2. The van der Waals surface area contributed by atoms with E-state index in [0.29, 0.717) is 23.6 Å². The highest BCUT2D eigenvalue weighted by atomic mass is 16.5. The van der Waals surface area contributed by atoms with E-state index in [9.17, 15) is 0 Å². The number of ether oxygens (including phenoxy) is 2. The van der Waals surface area contributed by atoms with Gasteiger partial charge in [0.25, 0.3) is 0 Å². The molecule has 1 spiro atoms. The van der Waals surface area contributed by atoms with Crippen LogP contribution in [0.5, 0.6) is 0 Å². The Bertz CT molecular complexity index is 270. The summed E-state index contributed by atoms with van der Waals surface area (Å²) in [6.07, 6.45) is 9.84. The second-order valence-electron chi connectivity index (χ2n) is 6.25. The van der Waals surface area contributed by atoms with E-state index >= 15 is 0 Å². The Morgan fingerprint density at radius 3 is 2.78 bits per heavy atom. The molecule has 0 radical (unpaired) electrons. The quantitative estimate of drug-likeness (QED) is 0.835. The number of hydrogen-bond acceptors (Lipinski definition) is 3. The zero-order valence-corrected chi connectivity index (χ0v) is 11.6. The first kappa shape index (κ1) is 12.9. The summed E-state index contributed by atoms with van der Waals surface area (Å²) in [6.45, 7) is 4.84. The molecule has 0 amide bonds. The third kappa shape index (κ3) is 2.21. The number of nitrogens with one attached hydrogen (secondary N) is 1. The lowest BCUT2D eigenvalue weighted by Gasteiger charge is -2.58. The Morgan fingerprint density at radius 1 is 1.28 bits per heavy atom. The minimum atomic E-state index is 0.455. The Hall–Kier alpha value is -0.120. The highest BCUT2D eigenvalue weighted by molar-refractivity contribution is 5.09. The Labute approximate surface area is 111 Å². The maximum Gasteiger partial charge on any atom is 0.0661 e. The molecule has 3 rings (SSSR count). The van der Waals surface area contributed by atoms with Crippen LogP contribution in [0.2, 0.25) is 0 Å². The van der Waals surface area contributed by atoms with Gasteiger partial charge in [-0.15, -0.1) is 0 Å². The van der Waals surface area contributed by atoms with Gasteiger partial charge in [0.15, 0.2) is 0 Å². The number of hydrogen-bond donors (Lipinski definition) is 1. The maximum atomic E-state index is 5.99. The largest absolute Gasteiger partial charge is 0.380 e. The van der Waals surface area contributed by atoms with Crippen LogP contribution >= 0.6 is 0 Å². The van der Waals surface area contributed by atoms with E-state index in [1.165, 1.54) is 44.9 Å². The van der Waals surface area contributed by atoms with Gasteiger partial charge in [-0.05, 0) is 32.6 Å². The minimum Gasteiger partial charge on any atom is -0.380 e. The van der Waals surface area contributed by atoms with Crippen LogP contribution in [0.25, 0.3) is 0 Å².